The van der Waals surface area contributed by atoms with Crippen LogP contribution in [0.25, 0.3) is 6.08 Å². The smallest absolute Gasteiger partial charge is 0.267 e. The van der Waals surface area contributed by atoms with Crippen molar-refractivity contribution in [3.63, 3.8) is 0 Å². The standard InChI is InChI=1S/C19H22N2O4S/c1-2-17(13-15-7-4-3-5-8-15)21-26(24,25)18-10-6-9-16(14-18)11-12-19(22)20-23/h3-12,14,17,21,23H,2,13H2,1H3,(H,20,22). The Morgan fingerprint density at radius 3 is 2.54 bits per heavy atom. The van der Waals surface area contributed by atoms with Crippen molar-refractivity contribution >= 4 is 22.0 Å². The topological polar surface area (TPSA) is 95.5 Å². The van der Waals surface area contributed by atoms with Gasteiger partial charge in [-0.1, -0.05) is 49.4 Å². The summed E-state index contributed by atoms with van der Waals surface area (Å²) < 4.78 is 28.1. The number of hydrogen-bond acceptors (Lipinski definition) is 4. The first-order valence-electron chi connectivity index (χ1n) is 8.23. The molecule has 0 fully saturated rings. The number of amides is 1. The van der Waals surface area contributed by atoms with Crippen molar-refractivity contribution in [1.82, 2.24) is 10.2 Å². The summed E-state index contributed by atoms with van der Waals surface area (Å²) >= 11 is 0. The Labute approximate surface area is 153 Å². The molecule has 0 heterocycles. The molecule has 1 atom stereocenters. The summed E-state index contributed by atoms with van der Waals surface area (Å²) in [5.74, 6) is -0.690. The Kier molecular flexibility index (Phi) is 7.08. The number of nitrogens with one attached hydrogen (secondary N) is 2. The van der Waals surface area contributed by atoms with Crippen molar-refractivity contribution in [3.05, 3.63) is 71.8 Å². The molecule has 0 spiro atoms. The van der Waals surface area contributed by atoms with Crippen molar-refractivity contribution in [1.29, 1.82) is 0 Å². The Balaban J connectivity index is 2.15. The fourth-order valence-corrected chi connectivity index (χ4v) is 3.82. The fourth-order valence-electron chi connectivity index (χ4n) is 2.45. The summed E-state index contributed by atoms with van der Waals surface area (Å²) in [6.45, 7) is 1.93. The van der Waals surface area contributed by atoms with E-state index in [1.54, 1.807) is 12.1 Å². The first kappa shape index (κ1) is 19.8. The highest BCUT2D eigenvalue weighted by Crippen LogP contribution is 2.15. The van der Waals surface area contributed by atoms with Crippen LogP contribution in [-0.2, 0) is 21.2 Å². The van der Waals surface area contributed by atoms with Gasteiger partial charge in [0, 0.05) is 12.1 Å². The summed E-state index contributed by atoms with van der Waals surface area (Å²) in [5, 5.41) is 8.49. The van der Waals surface area contributed by atoms with Crippen LogP contribution in [0.2, 0.25) is 0 Å². The van der Waals surface area contributed by atoms with Gasteiger partial charge in [0.15, 0.2) is 0 Å². The Bertz CT molecular complexity index is 864. The van der Waals surface area contributed by atoms with Gasteiger partial charge >= 0.3 is 0 Å². The third kappa shape index (κ3) is 5.80. The zero-order valence-electron chi connectivity index (χ0n) is 14.4. The molecule has 0 radical (unpaired) electrons. The maximum atomic E-state index is 12.7. The molecule has 0 saturated carbocycles. The van der Waals surface area contributed by atoms with Gasteiger partial charge in [-0.2, -0.15) is 0 Å². The molecule has 2 rings (SSSR count). The molecular formula is C19H22N2O4S. The molecule has 26 heavy (non-hydrogen) atoms. The Morgan fingerprint density at radius 2 is 1.88 bits per heavy atom. The minimum atomic E-state index is -3.69. The monoisotopic (exact) mass is 374 g/mol. The summed E-state index contributed by atoms with van der Waals surface area (Å²) in [4.78, 5) is 11.2. The van der Waals surface area contributed by atoms with E-state index >= 15 is 0 Å². The number of benzene rings is 2. The van der Waals surface area contributed by atoms with Gasteiger partial charge in [-0.3, -0.25) is 10.0 Å². The second-order valence-electron chi connectivity index (χ2n) is 5.80. The zero-order valence-corrected chi connectivity index (χ0v) is 15.2. The maximum Gasteiger partial charge on any atom is 0.267 e. The van der Waals surface area contributed by atoms with Crippen molar-refractivity contribution in [2.24, 2.45) is 0 Å². The van der Waals surface area contributed by atoms with Crippen LogP contribution in [0.5, 0.6) is 0 Å². The van der Waals surface area contributed by atoms with Crippen LogP contribution >= 0.6 is 0 Å². The molecule has 2 aromatic rings. The minimum Gasteiger partial charge on any atom is -0.288 e. The van der Waals surface area contributed by atoms with Crippen molar-refractivity contribution in [2.75, 3.05) is 0 Å². The number of sulfonamides is 1. The van der Waals surface area contributed by atoms with Crippen LogP contribution in [0.1, 0.15) is 24.5 Å². The van der Waals surface area contributed by atoms with Crippen LogP contribution in [0.15, 0.2) is 65.6 Å². The fraction of sp³-hybridized carbons (Fsp3) is 0.211. The molecule has 1 amide bonds. The molecule has 7 heteroatoms. The van der Waals surface area contributed by atoms with Crippen LogP contribution in [0, 0.1) is 0 Å². The lowest BCUT2D eigenvalue weighted by Gasteiger charge is -2.17. The van der Waals surface area contributed by atoms with E-state index in [2.05, 4.69) is 4.72 Å². The molecule has 6 nitrogen and oxygen atoms in total. The predicted octanol–water partition coefficient (Wildman–Crippen LogP) is 2.50. The van der Waals surface area contributed by atoms with E-state index in [0.717, 1.165) is 11.6 Å². The van der Waals surface area contributed by atoms with E-state index in [1.165, 1.54) is 23.7 Å². The summed E-state index contributed by atoms with van der Waals surface area (Å²) in [7, 11) is -3.69. The molecule has 0 saturated heterocycles. The van der Waals surface area contributed by atoms with E-state index in [4.69, 9.17) is 5.21 Å². The minimum absolute atomic E-state index is 0.121. The van der Waals surface area contributed by atoms with Gasteiger partial charge in [-0.15, -0.1) is 0 Å². The van der Waals surface area contributed by atoms with Crippen LogP contribution in [0.4, 0.5) is 0 Å². The number of rotatable bonds is 8. The van der Waals surface area contributed by atoms with Gasteiger partial charge in [0.2, 0.25) is 10.0 Å². The first-order valence-corrected chi connectivity index (χ1v) is 9.71. The average Bonchev–Trinajstić information content (AvgIpc) is 2.66. The zero-order chi connectivity index (χ0) is 19.0. The molecule has 0 aromatic heterocycles. The van der Waals surface area contributed by atoms with Gasteiger partial charge in [0.1, 0.15) is 0 Å². The normalized spacial score (nSPS) is 12.8. The molecule has 0 aliphatic carbocycles. The van der Waals surface area contributed by atoms with Crippen LogP contribution in [-0.4, -0.2) is 25.6 Å². The largest absolute Gasteiger partial charge is 0.288 e. The first-order chi connectivity index (χ1) is 12.4. The molecule has 3 N–H and O–H groups in total. The highest BCUT2D eigenvalue weighted by atomic mass is 32.2. The number of carbonyl (C=O) groups excluding carboxylic acids is 1. The molecule has 138 valence electrons. The molecule has 0 bridgehead atoms. The van der Waals surface area contributed by atoms with E-state index < -0.39 is 15.9 Å². The molecule has 1 unspecified atom stereocenters. The highest BCUT2D eigenvalue weighted by Gasteiger charge is 2.19. The van der Waals surface area contributed by atoms with E-state index in [9.17, 15) is 13.2 Å². The van der Waals surface area contributed by atoms with Crippen molar-refractivity contribution in [3.8, 4) is 0 Å². The lowest BCUT2D eigenvalue weighted by atomic mass is 10.1. The number of hydroxylamine groups is 1. The van der Waals surface area contributed by atoms with E-state index in [-0.39, 0.29) is 10.9 Å². The lowest BCUT2D eigenvalue weighted by molar-refractivity contribution is -0.124. The number of hydrogen-bond donors (Lipinski definition) is 3. The average molecular weight is 374 g/mol. The van der Waals surface area contributed by atoms with Gasteiger partial charge in [0.25, 0.3) is 5.91 Å². The van der Waals surface area contributed by atoms with Crippen LogP contribution < -0.4 is 10.2 Å². The summed E-state index contributed by atoms with van der Waals surface area (Å²) in [5.41, 5.74) is 3.08. The van der Waals surface area contributed by atoms with Gasteiger partial charge in [-0.05, 0) is 42.2 Å². The van der Waals surface area contributed by atoms with Crippen molar-refractivity contribution < 1.29 is 18.4 Å². The van der Waals surface area contributed by atoms with Crippen molar-refractivity contribution in [2.45, 2.75) is 30.7 Å². The highest BCUT2D eigenvalue weighted by molar-refractivity contribution is 7.89. The maximum absolute atomic E-state index is 12.7. The van der Waals surface area contributed by atoms with Crippen LogP contribution in [0.3, 0.4) is 0 Å². The second kappa shape index (κ2) is 9.28. The SMILES string of the molecule is CCC(Cc1ccccc1)NS(=O)(=O)c1cccc(C=CC(=O)NO)c1. The van der Waals surface area contributed by atoms with E-state index in [1.807, 2.05) is 37.3 Å². The summed E-state index contributed by atoms with van der Waals surface area (Å²) in [6.07, 6.45) is 3.80. The third-order valence-electron chi connectivity index (χ3n) is 3.85. The van der Waals surface area contributed by atoms with Gasteiger partial charge in [0.05, 0.1) is 4.90 Å². The lowest BCUT2D eigenvalue weighted by Crippen LogP contribution is -2.36. The van der Waals surface area contributed by atoms with Gasteiger partial charge < -0.3 is 0 Å². The molecule has 0 aliphatic heterocycles. The third-order valence-corrected chi connectivity index (χ3v) is 5.36. The Morgan fingerprint density at radius 1 is 1.15 bits per heavy atom. The molecule has 0 aliphatic rings. The predicted molar refractivity (Wildman–Crippen MR) is 100.0 cm³/mol. The van der Waals surface area contributed by atoms with Gasteiger partial charge in [-0.25, -0.2) is 18.6 Å². The second-order valence-corrected chi connectivity index (χ2v) is 7.51. The summed E-state index contributed by atoms with van der Waals surface area (Å²) in [6, 6.07) is 15.7. The molecule has 2 aromatic carbocycles. The molecular weight excluding hydrogens is 352 g/mol. The van der Waals surface area contributed by atoms with E-state index in [0.29, 0.717) is 18.4 Å². The quantitative estimate of drug-likeness (QED) is 0.376. The number of carbonyl (C=O) groups is 1. The Hall–Kier alpha value is -2.48.